The summed E-state index contributed by atoms with van der Waals surface area (Å²) in [5.74, 6) is -2.64. The molecule has 7 rings (SSSR count). The number of aromatic nitrogens is 1. The first-order valence-corrected chi connectivity index (χ1v) is 22.9. The van der Waals surface area contributed by atoms with Crippen LogP contribution in [0.2, 0.25) is 5.02 Å². The summed E-state index contributed by atoms with van der Waals surface area (Å²) in [6.07, 6.45) is 5.45. The Balaban J connectivity index is 1.22. The number of halogens is 3. The number of carbonyl (C=O) groups is 3. The number of nitrogens with one attached hydrogen (secondary N) is 2. The van der Waals surface area contributed by atoms with E-state index in [-0.39, 0.29) is 36.4 Å². The van der Waals surface area contributed by atoms with Crippen molar-refractivity contribution in [3.63, 3.8) is 0 Å². The molecule has 1 unspecified atom stereocenters. The van der Waals surface area contributed by atoms with Gasteiger partial charge in [-0.05, 0) is 82.1 Å². The van der Waals surface area contributed by atoms with Crippen molar-refractivity contribution in [3.05, 3.63) is 58.6 Å². The third-order valence-electron chi connectivity index (χ3n) is 12.2. The molecular weight excluding hydrogens is 809 g/mol. The van der Waals surface area contributed by atoms with E-state index < -0.39 is 78.0 Å². The van der Waals surface area contributed by atoms with Crippen LogP contribution in [0.25, 0.3) is 10.9 Å². The molecule has 320 valence electrons. The van der Waals surface area contributed by atoms with Crippen molar-refractivity contribution in [1.82, 2.24) is 20.5 Å². The molecule has 0 spiro atoms. The van der Waals surface area contributed by atoms with Crippen molar-refractivity contribution in [2.45, 2.75) is 126 Å². The summed E-state index contributed by atoms with van der Waals surface area (Å²) in [5.41, 5.74) is -0.174. The van der Waals surface area contributed by atoms with Crippen molar-refractivity contribution in [2.75, 3.05) is 20.3 Å². The molecule has 13 nitrogen and oxygen atoms in total. The minimum Gasteiger partial charge on any atom is -0.495 e. The molecule has 2 aromatic carbocycles. The van der Waals surface area contributed by atoms with E-state index in [9.17, 15) is 32.6 Å². The number of benzene rings is 2. The zero-order chi connectivity index (χ0) is 41.9. The number of ether oxygens (including phenoxy) is 4. The molecule has 2 aliphatic heterocycles. The summed E-state index contributed by atoms with van der Waals surface area (Å²) in [4.78, 5) is 60.2. The summed E-state index contributed by atoms with van der Waals surface area (Å²) < 4.78 is 67.6. The Labute approximate surface area is 347 Å². The third-order valence-corrected chi connectivity index (χ3v) is 15.2. The Kier molecular flexibility index (Phi) is 13.2. The molecule has 1 aromatic heterocycles. The Morgan fingerprint density at radius 2 is 1.71 bits per heavy atom. The summed E-state index contributed by atoms with van der Waals surface area (Å²) in [5, 5.41) is 4.76. The molecule has 2 saturated heterocycles. The number of nitrogens with zero attached hydrogens (tertiary/aromatic N) is 2. The molecule has 17 heteroatoms. The number of hydrogen-bond acceptors (Lipinski definition) is 9. The maximum atomic E-state index is 14.9. The van der Waals surface area contributed by atoms with E-state index in [1.165, 1.54) is 18.1 Å². The SMILES string of the molecule is CCOc1cc(O[C@@H]2C[C@H]3C(=O)N[C@]4(P(=O)(O)Cc5c(F)cccc5F)C[C@H]4CCCCCCC[C@H](NC(=O)OC4CCCC4)C(=O)N3C2)c2ccc(OC)c(Cl)c2n1. The average molecular weight is 861 g/mol. The Morgan fingerprint density at radius 1 is 1.02 bits per heavy atom. The van der Waals surface area contributed by atoms with Crippen LogP contribution in [-0.4, -0.2) is 82.5 Å². The van der Waals surface area contributed by atoms with Gasteiger partial charge in [-0.2, -0.15) is 0 Å². The van der Waals surface area contributed by atoms with E-state index in [2.05, 4.69) is 15.6 Å². The van der Waals surface area contributed by atoms with Gasteiger partial charge in [-0.3, -0.25) is 14.2 Å². The highest BCUT2D eigenvalue weighted by atomic mass is 35.5. The monoisotopic (exact) mass is 860 g/mol. The molecule has 3 aromatic rings. The van der Waals surface area contributed by atoms with Crippen molar-refractivity contribution in [2.24, 2.45) is 5.92 Å². The average Bonchev–Trinajstić information content (AvgIpc) is 3.47. The first kappa shape index (κ1) is 42.9. The highest BCUT2D eigenvalue weighted by Gasteiger charge is 2.66. The van der Waals surface area contributed by atoms with Gasteiger partial charge in [0.1, 0.15) is 63.2 Å². The van der Waals surface area contributed by atoms with Gasteiger partial charge in [-0.25, -0.2) is 18.6 Å². The normalized spacial score (nSPS) is 26.4. The van der Waals surface area contributed by atoms with Crippen LogP contribution < -0.4 is 24.8 Å². The van der Waals surface area contributed by atoms with E-state index in [1.807, 2.05) is 0 Å². The minimum absolute atomic E-state index is 0.0348. The Hall–Kier alpha value is -4.20. The fourth-order valence-corrected chi connectivity index (χ4v) is 11.7. The number of alkyl carbamates (subject to hydrolysis) is 1. The summed E-state index contributed by atoms with van der Waals surface area (Å²) in [6, 6.07) is 5.99. The van der Waals surface area contributed by atoms with Crippen molar-refractivity contribution >= 4 is 47.8 Å². The van der Waals surface area contributed by atoms with Crippen LogP contribution in [0.15, 0.2) is 36.4 Å². The van der Waals surface area contributed by atoms with Crippen molar-refractivity contribution in [3.8, 4) is 17.4 Å². The molecule has 2 saturated carbocycles. The lowest BCUT2D eigenvalue weighted by molar-refractivity contribution is -0.140. The van der Waals surface area contributed by atoms with E-state index in [0.29, 0.717) is 54.7 Å². The van der Waals surface area contributed by atoms with Crippen molar-refractivity contribution < 1.29 is 51.6 Å². The molecule has 0 radical (unpaired) electrons. The van der Waals surface area contributed by atoms with Gasteiger partial charge in [0.15, 0.2) is 0 Å². The minimum atomic E-state index is -4.53. The number of hydrogen-bond donors (Lipinski definition) is 3. The van der Waals surface area contributed by atoms with E-state index in [4.69, 9.17) is 30.5 Å². The maximum Gasteiger partial charge on any atom is 0.408 e. The highest BCUT2D eigenvalue weighted by Crippen LogP contribution is 2.71. The first-order chi connectivity index (χ1) is 28.3. The number of carbonyl (C=O) groups excluding carboxylic acids is 3. The lowest BCUT2D eigenvalue weighted by Crippen LogP contribution is -2.55. The molecule has 4 fully saturated rings. The van der Waals surface area contributed by atoms with Crippen molar-refractivity contribution in [1.29, 1.82) is 0 Å². The molecule has 59 heavy (non-hydrogen) atoms. The molecule has 6 atom stereocenters. The van der Waals surface area contributed by atoms with Gasteiger partial charge in [0.25, 0.3) is 0 Å². The molecule has 3 amide bonds. The van der Waals surface area contributed by atoms with Crippen LogP contribution in [0, 0.1) is 17.6 Å². The summed E-state index contributed by atoms with van der Waals surface area (Å²) in [7, 11) is -3.05. The Bertz CT molecular complexity index is 2090. The number of pyridine rings is 1. The number of rotatable bonds is 10. The fraction of sp³-hybridized carbons (Fsp3) is 0.571. The predicted octanol–water partition coefficient (Wildman–Crippen LogP) is 8.01. The highest BCUT2D eigenvalue weighted by molar-refractivity contribution is 7.59. The maximum absolute atomic E-state index is 14.9. The molecular formula is C42H52ClF2N4O9P. The smallest absolute Gasteiger partial charge is 0.408 e. The van der Waals surface area contributed by atoms with Crippen LogP contribution in [0.4, 0.5) is 13.6 Å². The van der Waals surface area contributed by atoms with Gasteiger partial charge in [0.05, 0.1) is 26.4 Å². The molecule has 2 aliphatic carbocycles. The lowest BCUT2D eigenvalue weighted by atomic mass is 10.0. The quantitative estimate of drug-likeness (QED) is 0.170. The zero-order valence-corrected chi connectivity index (χ0v) is 35.0. The second-order valence-electron chi connectivity index (χ2n) is 16.1. The third kappa shape index (κ3) is 9.27. The number of amides is 3. The topological polar surface area (TPSA) is 166 Å². The van der Waals surface area contributed by atoms with Gasteiger partial charge in [-0.1, -0.05) is 49.8 Å². The standard InChI is InChI=1S/C42H52ClF2N4O9P/c1-3-56-36-21-35(28-18-19-34(55-2)37(43)38(28)47-36)57-27-20-33-39(50)48-42(59(53,54)24-29-30(44)15-11-16-31(29)45)22-25(42)12-7-5-4-6-8-17-32(40(51)49(33)23-27)46-41(52)58-26-13-9-10-14-26/h11,15-16,18-19,21,25-27,32-33H,3-10,12-14,17,20,22-24H2,1-2H3,(H,46,52)(H,48,50)(H,53,54)/t25-,27-,32+,33+,42+/m1/s1. The second kappa shape index (κ2) is 18.2. The van der Waals surface area contributed by atoms with Crippen LogP contribution in [0.1, 0.15) is 96.0 Å². The van der Waals surface area contributed by atoms with Gasteiger partial charge in [0.2, 0.25) is 25.1 Å². The van der Waals surface area contributed by atoms with Crippen LogP contribution in [0.5, 0.6) is 17.4 Å². The van der Waals surface area contributed by atoms with E-state index in [1.54, 1.807) is 25.1 Å². The largest absolute Gasteiger partial charge is 0.495 e. The zero-order valence-electron chi connectivity index (χ0n) is 33.4. The van der Waals surface area contributed by atoms with E-state index in [0.717, 1.165) is 57.1 Å². The second-order valence-corrected chi connectivity index (χ2v) is 19.0. The van der Waals surface area contributed by atoms with Gasteiger partial charge >= 0.3 is 6.09 Å². The number of methoxy groups -OCH3 is 1. The summed E-state index contributed by atoms with van der Waals surface area (Å²) >= 11 is 6.68. The predicted molar refractivity (Wildman–Crippen MR) is 216 cm³/mol. The van der Waals surface area contributed by atoms with Gasteiger partial charge < -0.3 is 39.4 Å². The molecule has 0 bridgehead atoms. The fourth-order valence-electron chi connectivity index (χ4n) is 8.94. The van der Waals surface area contributed by atoms with E-state index >= 15 is 0 Å². The van der Waals surface area contributed by atoms with Gasteiger partial charge in [0, 0.05) is 23.4 Å². The number of fused-ring (bicyclic) bond motifs is 3. The molecule has 3 heterocycles. The lowest BCUT2D eigenvalue weighted by Gasteiger charge is -2.31. The summed E-state index contributed by atoms with van der Waals surface area (Å²) in [6.45, 7) is 2.01. The molecule has 4 aliphatic rings. The van der Waals surface area contributed by atoms with Crippen LogP contribution >= 0.6 is 19.0 Å². The molecule has 3 N–H and O–H groups in total. The van der Waals surface area contributed by atoms with Crippen LogP contribution in [0.3, 0.4) is 0 Å². The first-order valence-electron chi connectivity index (χ1n) is 20.6. The Morgan fingerprint density at radius 3 is 2.42 bits per heavy atom. The van der Waals surface area contributed by atoms with Gasteiger partial charge in [-0.15, -0.1) is 0 Å². The van der Waals surface area contributed by atoms with Crippen LogP contribution in [-0.2, 0) is 25.1 Å².